The van der Waals surface area contributed by atoms with E-state index in [-0.39, 0.29) is 19.4 Å². The van der Waals surface area contributed by atoms with Crippen molar-refractivity contribution < 1.29 is 49.3 Å². The Labute approximate surface area is 432 Å². The van der Waals surface area contributed by atoms with E-state index in [9.17, 15) is 35.1 Å². The predicted octanol–water partition coefficient (Wildman–Crippen LogP) is 12.8. The zero-order valence-electron chi connectivity index (χ0n) is 45.1. The third-order valence-electron chi connectivity index (χ3n) is 13.1. The van der Waals surface area contributed by atoms with Crippen molar-refractivity contribution in [3.05, 3.63) is 72.9 Å². The quantitative estimate of drug-likeness (QED) is 0.0196. The lowest BCUT2D eigenvalue weighted by molar-refractivity contribution is -0.305. The molecule has 0 aromatic carbocycles. The number of nitrogens with one attached hydrogen (secondary N) is 1. The van der Waals surface area contributed by atoms with Gasteiger partial charge in [0.2, 0.25) is 5.91 Å². The van der Waals surface area contributed by atoms with E-state index in [1.807, 2.05) is 18.2 Å². The molecule has 0 aliphatic carbocycles. The Morgan fingerprint density at radius 2 is 0.972 bits per heavy atom. The number of unbranched alkanes of at least 4 members (excludes halogenated alkanes) is 23. The molecule has 0 aromatic heterocycles. The number of aliphatic hydroxyl groups excluding tert-OH is 5. The monoisotopic (exact) mass is 1000 g/mol. The van der Waals surface area contributed by atoms with Gasteiger partial charge in [-0.3, -0.25) is 9.59 Å². The molecule has 0 aromatic rings. The molecule has 1 aliphatic heterocycles. The van der Waals surface area contributed by atoms with Crippen molar-refractivity contribution >= 4 is 11.9 Å². The number of ether oxygens (including phenoxy) is 3. The number of rotatable bonds is 47. The standard InChI is InChI=1S/C60H105NO10/c1-4-7-10-13-16-19-22-24-26-27-28-30-33-36-39-42-45-48-55(65)71-58-57(67)56(66)54(49-62)70-60(58)69-50-51(52(63)46-43-40-37-34-31-21-18-15-12-9-6-3)61-59(68)53(64)47-44-41-38-35-32-29-25-23-20-17-14-11-8-5-2/h16,19-20,23-24,26,28,30,36,39,43,46,51-54,56-58,60,62-64,66-67H,4-15,17-18,21-22,25,27,29,31-35,37-38,40-42,44-45,47-50H2,1-3H3,(H,61,68)/b19-16-,23-20-,26-24-,30-28-,39-36-,46-43+. The highest BCUT2D eigenvalue weighted by atomic mass is 16.7. The number of hydrogen-bond donors (Lipinski definition) is 6. The van der Waals surface area contributed by atoms with Crippen LogP contribution >= 0.6 is 0 Å². The van der Waals surface area contributed by atoms with E-state index >= 15 is 0 Å². The summed E-state index contributed by atoms with van der Waals surface area (Å²) < 4.78 is 17.5. The van der Waals surface area contributed by atoms with Crippen LogP contribution in [0.5, 0.6) is 0 Å². The summed E-state index contributed by atoms with van der Waals surface area (Å²) in [6.45, 7) is 5.69. The number of allylic oxidation sites excluding steroid dienone is 11. The summed E-state index contributed by atoms with van der Waals surface area (Å²) in [6.07, 6.45) is 49.5. The summed E-state index contributed by atoms with van der Waals surface area (Å²) in [6, 6.07) is -1.04. The van der Waals surface area contributed by atoms with Gasteiger partial charge in [-0.2, -0.15) is 0 Å². The summed E-state index contributed by atoms with van der Waals surface area (Å²) in [4.78, 5) is 26.4. The van der Waals surface area contributed by atoms with Crippen LogP contribution in [0.25, 0.3) is 0 Å². The largest absolute Gasteiger partial charge is 0.454 e. The maximum absolute atomic E-state index is 13.4. The average molecular weight is 1000 g/mol. The molecule has 0 radical (unpaired) electrons. The summed E-state index contributed by atoms with van der Waals surface area (Å²) in [5.41, 5.74) is 0. The Hall–Kier alpha value is -2.90. The number of amides is 1. The van der Waals surface area contributed by atoms with Gasteiger partial charge in [-0.25, -0.2) is 0 Å². The average Bonchev–Trinajstić information content (AvgIpc) is 3.37. The zero-order valence-corrected chi connectivity index (χ0v) is 45.1. The second kappa shape index (κ2) is 48.1. The lowest BCUT2D eigenvalue weighted by Crippen LogP contribution is -2.61. The van der Waals surface area contributed by atoms with E-state index in [2.05, 4.69) is 74.7 Å². The van der Waals surface area contributed by atoms with Crippen LogP contribution in [0.2, 0.25) is 0 Å². The van der Waals surface area contributed by atoms with E-state index in [0.717, 1.165) is 83.5 Å². The first-order valence-corrected chi connectivity index (χ1v) is 28.7. The second-order valence-electron chi connectivity index (χ2n) is 19.7. The Balaban J connectivity index is 2.76. The number of esters is 1. The first-order chi connectivity index (χ1) is 34.7. The van der Waals surface area contributed by atoms with Crippen LogP contribution in [-0.2, 0) is 23.8 Å². The number of carbonyl (C=O) groups is 2. The van der Waals surface area contributed by atoms with Gasteiger partial charge in [-0.15, -0.1) is 0 Å². The zero-order chi connectivity index (χ0) is 51.8. The molecule has 8 unspecified atom stereocenters. The van der Waals surface area contributed by atoms with Gasteiger partial charge in [0.15, 0.2) is 12.4 Å². The summed E-state index contributed by atoms with van der Waals surface area (Å²) in [7, 11) is 0. The lowest BCUT2D eigenvalue weighted by Gasteiger charge is -2.41. The van der Waals surface area contributed by atoms with Gasteiger partial charge in [0, 0.05) is 6.42 Å². The molecular weight excluding hydrogens is 895 g/mol. The van der Waals surface area contributed by atoms with Crippen molar-refractivity contribution in [2.45, 2.75) is 282 Å². The van der Waals surface area contributed by atoms with E-state index in [1.165, 1.54) is 96.3 Å². The highest BCUT2D eigenvalue weighted by Gasteiger charge is 2.47. The van der Waals surface area contributed by atoms with Gasteiger partial charge < -0.3 is 45.1 Å². The number of hydrogen-bond acceptors (Lipinski definition) is 10. The molecule has 8 atom stereocenters. The lowest BCUT2D eigenvalue weighted by atomic mass is 9.99. The van der Waals surface area contributed by atoms with Gasteiger partial charge >= 0.3 is 5.97 Å². The van der Waals surface area contributed by atoms with Gasteiger partial charge in [0.05, 0.1) is 25.4 Å². The first kappa shape index (κ1) is 66.1. The molecule has 11 heteroatoms. The normalized spacial score (nSPS) is 20.1. The molecule has 1 rings (SSSR count). The van der Waals surface area contributed by atoms with Gasteiger partial charge in [0.1, 0.15) is 24.4 Å². The minimum atomic E-state index is -1.64. The molecule has 0 saturated carbocycles. The van der Waals surface area contributed by atoms with E-state index in [1.54, 1.807) is 6.08 Å². The molecule has 1 heterocycles. The Bertz CT molecular complexity index is 1430. The fourth-order valence-corrected chi connectivity index (χ4v) is 8.46. The third-order valence-corrected chi connectivity index (χ3v) is 13.1. The van der Waals surface area contributed by atoms with Crippen molar-refractivity contribution in [1.82, 2.24) is 5.32 Å². The molecule has 1 fully saturated rings. The molecule has 1 saturated heterocycles. The van der Waals surface area contributed by atoms with Crippen LogP contribution < -0.4 is 5.32 Å². The minimum absolute atomic E-state index is 0.0451. The van der Waals surface area contributed by atoms with Crippen LogP contribution in [0.1, 0.15) is 233 Å². The fraction of sp³-hybridized carbons (Fsp3) is 0.767. The molecule has 1 aliphatic rings. The summed E-state index contributed by atoms with van der Waals surface area (Å²) >= 11 is 0. The Morgan fingerprint density at radius 1 is 0.549 bits per heavy atom. The van der Waals surface area contributed by atoms with E-state index < -0.39 is 67.4 Å². The van der Waals surface area contributed by atoms with Crippen molar-refractivity contribution in [3.8, 4) is 0 Å². The van der Waals surface area contributed by atoms with Crippen molar-refractivity contribution in [2.75, 3.05) is 13.2 Å². The smallest absolute Gasteiger partial charge is 0.306 e. The topological polar surface area (TPSA) is 175 Å². The summed E-state index contributed by atoms with van der Waals surface area (Å²) in [5.74, 6) is -1.26. The minimum Gasteiger partial charge on any atom is -0.454 e. The molecule has 71 heavy (non-hydrogen) atoms. The van der Waals surface area contributed by atoms with Crippen molar-refractivity contribution in [3.63, 3.8) is 0 Å². The van der Waals surface area contributed by atoms with Gasteiger partial charge in [0.25, 0.3) is 0 Å². The number of carbonyl (C=O) groups excluding carboxylic acids is 2. The first-order valence-electron chi connectivity index (χ1n) is 28.7. The molecule has 1 amide bonds. The van der Waals surface area contributed by atoms with Crippen LogP contribution in [0, 0.1) is 0 Å². The second-order valence-corrected chi connectivity index (χ2v) is 19.7. The fourth-order valence-electron chi connectivity index (χ4n) is 8.46. The third kappa shape index (κ3) is 36.6. The maximum atomic E-state index is 13.4. The molecule has 6 N–H and O–H groups in total. The Morgan fingerprint density at radius 3 is 1.51 bits per heavy atom. The van der Waals surface area contributed by atoms with E-state index in [0.29, 0.717) is 19.3 Å². The highest BCUT2D eigenvalue weighted by molar-refractivity contribution is 5.80. The van der Waals surface area contributed by atoms with Gasteiger partial charge in [-0.05, 0) is 89.9 Å². The van der Waals surface area contributed by atoms with Gasteiger partial charge in [-0.1, -0.05) is 209 Å². The highest BCUT2D eigenvalue weighted by Crippen LogP contribution is 2.26. The molecule has 11 nitrogen and oxygen atoms in total. The van der Waals surface area contributed by atoms with Crippen LogP contribution in [0.3, 0.4) is 0 Å². The number of aliphatic hydroxyl groups is 5. The van der Waals surface area contributed by atoms with E-state index in [4.69, 9.17) is 14.2 Å². The van der Waals surface area contributed by atoms with Crippen molar-refractivity contribution in [1.29, 1.82) is 0 Å². The molecule has 0 bridgehead atoms. The van der Waals surface area contributed by atoms with Crippen molar-refractivity contribution in [2.24, 2.45) is 0 Å². The predicted molar refractivity (Wildman–Crippen MR) is 292 cm³/mol. The van der Waals surface area contributed by atoms with Crippen LogP contribution in [0.4, 0.5) is 0 Å². The maximum Gasteiger partial charge on any atom is 0.306 e. The SMILES string of the molecule is CCCCC/C=C\C/C=C\C/C=C\C/C=C\CCCC(=O)OC1C(OCC(NC(=O)C(O)CCCCCCCC/C=C\CCCCCC)C(O)/C=C/CCCCCCCCCCC)OC(CO)C(O)C1O. The summed E-state index contributed by atoms with van der Waals surface area (Å²) in [5, 5.41) is 56.7. The van der Waals surface area contributed by atoms with Crippen LogP contribution in [0.15, 0.2) is 72.9 Å². The molecule has 0 spiro atoms. The molecular formula is C60H105NO10. The Kier molecular flexibility index (Phi) is 44.8. The van der Waals surface area contributed by atoms with Crippen LogP contribution in [-0.4, -0.2) is 99.6 Å². The molecule has 410 valence electrons.